The van der Waals surface area contributed by atoms with Crippen molar-refractivity contribution in [3.05, 3.63) is 47.5 Å². The standard InChI is InChI=1S/C22H24N2O4S/c1-14-5-4-6-19-20(14)23-22(29-19)28-16-9-11-24(12-10-16)21(25)15-7-8-17(26-2)18(13-15)27-3/h4-8,13,16H,9-12H2,1-3H3. The number of piperidine rings is 1. The lowest BCUT2D eigenvalue weighted by Crippen LogP contribution is -2.41. The zero-order valence-electron chi connectivity index (χ0n) is 16.8. The molecular weight excluding hydrogens is 388 g/mol. The fourth-order valence-electron chi connectivity index (χ4n) is 3.59. The van der Waals surface area contributed by atoms with Gasteiger partial charge in [0.2, 0.25) is 0 Å². The summed E-state index contributed by atoms with van der Waals surface area (Å²) in [4.78, 5) is 19.4. The van der Waals surface area contributed by atoms with Gasteiger partial charge in [-0.15, -0.1) is 0 Å². The molecule has 0 saturated carbocycles. The van der Waals surface area contributed by atoms with Crippen LogP contribution in [0.15, 0.2) is 36.4 Å². The molecule has 1 aliphatic heterocycles. The van der Waals surface area contributed by atoms with Gasteiger partial charge in [-0.05, 0) is 36.8 Å². The molecule has 0 N–H and O–H groups in total. The third kappa shape index (κ3) is 4.00. The van der Waals surface area contributed by atoms with Crippen molar-refractivity contribution in [2.45, 2.75) is 25.9 Å². The molecule has 0 radical (unpaired) electrons. The Hall–Kier alpha value is -2.80. The largest absolute Gasteiger partial charge is 0.493 e. The minimum atomic E-state index is 0.0000138. The van der Waals surface area contributed by atoms with Crippen LogP contribution in [0.4, 0.5) is 0 Å². The van der Waals surface area contributed by atoms with Gasteiger partial charge in [0, 0.05) is 31.5 Å². The van der Waals surface area contributed by atoms with Crippen molar-refractivity contribution >= 4 is 27.5 Å². The van der Waals surface area contributed by atoms with Crippen LogP contribution in [0.5, 0.6) is 16.7 Å². The van der Waals surface area contributed by atoms with Gasteiger partial charge in [-0.3, -0.25) is 4.79 Å². The van der Waals surface area contributed by atoms with Crippen molar-refractivity contribution in [3.63, 3.8) is 0 Å². The molecule has 29 heavy (non-hydrogen) atoms. The van der Waals surface area contributed by atoms with E-state index in [4.69, 9.17) is 14.2 Å². The third-order valence-corrected chi connectivity index (χ3v) is 6.14. The number of hydrogen-bond donors (Lipinski definition) is 0. The predicted molar refractivity (Wildman–Crippen MR) is 113 cm³/mol. The Morgan fingerprint density at radius 1 is 1.10 bits per heavy atom. The van der Waals surface area contributed by atoms with Crippen LogP contribution in [0.1, 0.15) is 28.8 Å². The van der Waals surface area contributed by atoms with Gasteiger partial charge in [0.05, 0.1) is 24.4 Å². The molecule has 1 amide bonds. The number of benzene rings is 2. The van der Waals surface area contributed by atoms with E-state index in [0.717, 1.165) is 28.6 Å². The quantitative estimate of drug-likeness (QED) is 0.625. The zero-order valence-corrected chi connectivity index (χ0v) is 17.6. The Labute approximate surface area is 174 Å². The summed E-state index contributed by atoms with van der Waals surface area (Å²) in [5, 5.41) is 0.707. The van der Waals surface area contributed by atoms with E-state index >= 15 is 0 Å². The molecule has 0 spiro atoms. The summed E-state index contributed by atoms with van der Waals surface area (Å²) >= 11 is 1.58. The Morgan fingerprint density at radius 3 is 2.55 bits per heavy atom. The second-order valence-corrected chi connectivity index (χ2v) is 8.07. The molecule has 0 aliphatic carbocycles. The first-order valence-electron chi connectivity index (χ1n) is 9.63. The molecular formula is C22H24N2O4S. The van der Waals surface area contributed by atoms with Crippen molar-refractivity contribution in [1.82, 2.24) is 9.88 Å². The van der Waals surface area contributed by atoms with Crippen LogP contribution in [-0.2, 0) is 0 Å². The minimum Gasteiger partial charge on any atom is -0.493 e. The highest BCUT2D eigenvalue weighted by Gasteiger charge is 2.26. The van der Waals surface area contributed by atoms with Crippen LogP contribution < -0.4 is 14.2 Å². The summed E-state index contributed by atoms with van der Waals surface area (Å²) in [6, 6.07) is 11.4. The van der Waals surface area contributed by atoms with Crippen LogP contribution >= 0.6 is 11.3 Å². The molecule has 2 aromatic carbocycles. The van der Waals surface area contributed by atoms with E-state index in [1.165, 1.54) is 0 Å². The lowest BCUT2D eigenvalue weighted by atomic mass is 10.1. The molecule has 4 rings (SSSR count). The van der Waals surface area contributed by atoms with E-state index in [1.807, 2.05) is 11.0 Å². The molecule has 7 heteroatoms. The van der Waals surface area contributed by atoms with Crippen molar-refractivity contribution in [2.24, 2.45) is 0 Å². The molecule has 0 bridgehead atoms. The average Bonchev–Trinajstić information content (AvgIpc) is 3.17. The molecule has 152 valence electrons. The lowest BCUT2D eigenvalue weighted by Gasteiger charge is -2.31. The van der Waals surface area contributed by atoms with Crippen molar-refractivity contribution in [1.29, 1.82) is 0 Å². The summed E-state index contributed by atoms with van der Waals surface area (Å²) < 4.78 is 17.8. The number of amides is 1. The van der Waals surface area contributed by atoms with Gasteiger partial charge in [0.15, 0.2) is 11.5 Å². The second kappa shape index (κ2) is 8.29. The molecule has 1 aliphatic rings. The minimum absolute atomic E-state index is 0.0000138. The first-order valence-corrected chi connectivity index (χ1v) is 10.4. The number of carbonyl (C=O) groups is 1. The highest BCUT2D eigenvalue weighted by atomic mass is 32.1. The van der Waals surface area contributed by atoms with E-state index in [1.54, 1.807) is 43.8 Å². The number of methoxy groups -OCH3 is 2. The molecule has 0 unspecified atom stereocenters. The SMILES string of the molecule is COc1ccc(C(=O)N2CCC(Oc3nc4c(C)cccc4s3)CC2)cc1OC. The first-order chi connectivity index (χ1) is 14.1. The Morgan fingerprint density at radius 2 is 1.86 bits per heavy atom. The highest BCUT2D eigenvalue weighted by Crippen LogP contribution is 2.32. The maximum absolute atomic E-state index is 12.9. The molecule has 1 aromatic heterocycles. The normalized spacial score (nSPS) is 14.8. The number of aryl methyl sites for hydroxylation is 1. The first kappa shape index (κ1) is 19.5. The fraction of sp³-hybridized carbons (Fsp3) is 0.364. The summed E-state index contributed by atoms with van der Waals surface area (Å²) in [6.45, 7) is 3.37. The smallest absolute Gasteiger partial charge is 0.274 e. The topological polar surface area (TPSA) is 60.9 Å². The number of likely N-dealkylation sites (tertiary alicyclic amines) is 1. The average molecular weight is 413 g/mol. The van der Waals surface area contributed by atoms with Crippen molar-refractivity contribution < 1.29 is 19.0 Å². The lowest BCUT2D eigenvalue weighted by molar-refractivity contribution is 0.0595. The van der Waals surface area contributed by atoms with Crippen LogP contribution in [0, 0.1) is 6.92 Å². The number of hydrogen-bond acceptors (Lipinski definition) is 6. The highest BCUT2D eigenvalue weighted by molar-refractivity contribution is 7.20. The van der Waals surface area contributed by atoms with Gasteiger partial charge >= 0.3 is 0 Å². The van der Waals surface area contributed by atoms with Crippen LogP contribution in [-0.4, -0.2) is 49.2 Å². The number of rotatable bonds is 5. The number of carbonyl (C=O) groups excluding carboxylic acids is 1. The number of thiazole rings is 1. The molecule has 1 fully saturated rings. The Bertz CT molecular complexity index is 1020. The van der Waals surface area contributed by atoms with Crippen LogP contribution in [0.2, 0.25) is 0 Å². The van der Waals surface area contributed by atoms with Gasteiger partial charge in [-0.2, -0.15) is 0 Å². The van der Waals surface area contributed by atoms with Gasteiger partial charge in [-0.1, -0.05) is 23.5 Å². The Balaban J connectivity index is 1.38. The number of para-hydroxylation sites is 1. The third-order valence-electron chi connectivity index (χ3n) is 5.23. The second-order valence-electron chi connectivity index (χ2n) is 7.08. The van der Waals surface area contributed by atoms with Gasteiger partial charge < -0.3 is 19.1 Å². The maximum Gasteiger partial charge on any atom is 0.274 e. The molecule has 3 aromatic rings. The van der Waals surface area contributed by atoms with E-state index < -0.39 is 0 Å². The summed E-state index contributed by atoms with van der Waals surface area (Å²) in [7, 11) is 3.15. The van der Waals surface area contributed by atoms with Crippen molar-refractivity contribution in [2.75, 3.05) is 27.3 Å². The zero-order chi connectivity index (χ0) is 20.4. The van der Waals surface area contributed by atoms with Gasteiger partial charge in [0.25, 0.3) is 11.1 Å². The van der Waals surface area contributed by atoms with Gasteiger partial charge in [-0.25, -0.2) is 4.98 Å². The number of ether oxygens (including phenoxy) is 3. The molecule has 0 atom stereocenters. The number of fused-ring (bicyclic) bond motifs is 1. The van der Waals surface area contributed by atoms with E-state index in [9.17, 15) is 4.79 Å². The fourth-order valence-corrected chi connectivity index (χ4v) is 4.55. The maximum atomic E-state index is 12.9. The van der Waals surface area contributed by atoms with Gasteiger partial charge in [0.1, 0.15) is 6.10 Å². The number of aromatic nitrogens is 1. The van der Waals surface area contributed by atoms with Crippen molar-refractivity contribution in [3.8, 4) is 16.7 Å². The summed E-state index contributed by atoms with van der Waals surface area (Å²) in [6.07, 6.45) is 1.65. The predicted octanol–water partition coefficient (Wildman–Crippen LogP) is 4.31. The van der Waals surface area contributed by atoms with E-state index in [2.05, 4.69) is 24.0 Å². The molecule has 1 saturated heterocycles. The molecule has 2 heterocycles. The van der Waals surface area contributed by atoms with Crippen LogP contribution in [0.3, 0.4) is 0 Å². The summed E-state index contributed by atoms with van der Waals surface area (Å²) in [5.74, 6) is 1.17. The van der Waals surface area contributed by atoms with E-state index in [0.29, 0.717) is 35.3 Å². The summed E-state index contributed by atoms with van der Waals surface area (Å²) in [5.41, 5.74) is 2.76. The monoisotopic (exact) mass is 412 g/mol. The Kier molecular flexibility index (Phi) is 5.58. The molecule has 6 nitrogen and oxygen atoms in total. The van der Waals surface area contributed by atoms with E-state index in [-0.39, 0.29) is 12.0 Å². The van der Waals surface area contributed by atoms with Crippen LogP contribution in [0.25, 0.3) is 10.2 Å². The number of nitrogens with zero attached hydrogens (tertiary/aromatic N) is 2.